The Kier molecular flexibility index (Phi) is 7.47. The lowest BCUT2D eigenvalue weighted by atomic mass is 9.98. The van der Waals surface area contributed by atoms with Gasteiger partial charge in [0.15, 0.2) is 0 Å². The van der Waals surface area contributed by atoms with Crippen molar-refractivity contribution in [3.05, 3.63) is 71.0 Å². The first-order chi connectivity index (χ1) is 18.7. The van der Waals surface area contributed by atoms with Crippen molar-refractivity contribution < 1.29 is 21.6 Å². The first-order valence-corrected chi connectivity index (χ1v) is 15.1. The van der Waals surface area contributed by atoms with Crippen molar-refractivity contribution in [3.8, 4) is 11.3 Å². The maximum absolute atomic E-state index is 14.2. The summed E-state index contributed by atoms with van der Waals surface area (Å²) in [6.07, 6.45) is -1.02. The Balaban J connectivity index is 1.64. The Morgan fingerprint density at radius 3 is 2.48 bits per heavy atom. The maximum Gasteiger partial charge on any atom is 0.419 e. The summed E-state index contributed by atoms with van der Waals surface area (Å²) in [6.45, 7) is 8.01. The molecule has 0 amide bonds. The van der Waals surface area contributed by atoms with Crippen LogP contribution in [0.4, 0.5) is 19.1 Å². The number of benzene rings is 2. The van der Waals surface area contributed by atoms with Crippen molar-refractivity contribution >= 4 is 42.8 Å². The summed E-state index contributed by atoms with van der Waals surface area (Å²) in [5.41, 5.74) is -1.21. The lowest BCUT2D eigenvalue weighted by Crippen LogP contribution is -2.50. The Morgan fingerprint density at radius 2 is 1.80 bits per heavy atom. The number of nitrogens with one attached hydrogen (secondary N) is 1. The van der Waals surface area contributed by atoms with E-state index >= 15 is 0 Å². The van der Waals surface area contributed by atoms with Crippen molar-refractivity contribution in [1.82, 2.24) is 18.8 Å². The summed E-state index contributed by atoms with van der Waals surface area (Å²) < 4.78 is 71.5. The van der Waals surface area contributed by atoms with Gasteiger partial charge >= 0.3 is 6.18 Å². The van der Waals surface area contributed by atoms with Gasteiger partial charge in [0.25, 0.3) is 10.0 Å². The molecule has 0 spiro atoms. The van der Waals surface area contributed by atoms with Gasteiger partial charge in [-0.05, 0) is 64.4 Å². The largest absolute Gasteiger partial charge is 0.419 e. The molecule has 7 nitrogen and oxygen atoms in total. The third-order valence-corrected chi connectivity index (χ3v) is 9.27. The minimum atomic E-state index is -4.76. The van der Waals surface area contributed by atoms with Gasteiger partial charge < -0.3 is 5.32 Å². The first kappa shape index (κ1) is 28.6. The van der Waals surface area contributed by atoms with Gasteiger partial charge in [-0.15, -0.1) is 0 Å². The molecule has 0 aliphatic carbocycles. The van der Waals surface area contributed by atoms with Gasteiger partial charge in [0.1, 0.15) is 5.56 Å². The van der Waals surface area contributed by atoms with E-state index < -0.39 is 21.8 Å². The third kappa shape index (κ3) is 5.61. The number of fused-ring (bicyclic) bond motifs is 1. The molecule has 1 aliphatic rings. The minimum Gasteiger partial charge on any atom is -0.350 e. The quantitative estimate of drug-likeness (QED) is 0.260. The number of hydrogen-bond donors (Lipinski definition) is 1. The fraction of sp³-hybridized carbons (Fsp3) is 0.357. The van der Waals surface area contributed by atoms with Crippen LogP contribution in [0, 0.1) is 0 Å². The van der Waals surface area contributed by atoms with Crippen LogP contribution in [-0.4, -0.2) is 51.9 Å². The van der Waals surface area contributed by atoms with E-state index in [0.717, 1.165) is 29.6 Å². The van der Waals surface area contributed by atoms with E-state index in [2.05, 4.69) is 56.9 Å². The molecule has 0 unspecified atom stereocenters. The van der Waals surface area contributed by atoms with E-state index in [4.69, 9.17) is 0 Å². The van der Waals surface area contributed by atoms with Crippen molar-refractivity contribution in [2.75, 3.05) is 18.4 Å². The summed E-state index contributed by atoms with van der Waals surface area (Å²) in [7, 11) is -4.12. The molecule has 2 aromatic carbocycles. The number of anilines is 1. The molecule has 212 valence electrons. The molecule has 1 fully saturated rings. The second kappa shape index (κ2) is 10.5. The predicted molar refractivity (Wildman–Crippen MR) is 153 cm³/mol. The van der Waals surface area contributed by atoms with E-state index in [-0.39, 0.29) is 39.2 Å². The summed E-state index contributed by atoms with van der Waals surface area (Å²) in [5.74, 6) is 0.0627. The highest BCUT2D eigenvalue weighted by Gasteiger charge is 2.37. The molecule has 12 heteroatoms. The van der Waals surface area contributed by atoms with Crippen LogP contribution in [0.1, 0.15) is 39.2 Å². The zero-order valence-electron chi connectivity index (χ0n) is 22.2. The standard InChI is InChI=1S/C28H29BrF3N5O2S/c1-27(2,3)36-13-7-8-19(16-36)34-26-33-15-23(28(30,31)32)25(35-26)22-17-37(24-14-18(29)11-12-21(22)24)40(38,39)20-9-5-4-6-10-20/h4-6,9-12,14-15,17,19H,7-8,13,16H2,1-3H3,(H,33,34,35)/t19-/m0/s1. The zero-order chi connectivity index (χ0) is 28.9. The van der Waals surface area contributed by atoms with E-state index in [1.807, 2.05) is 0 Å². The molecule has 0 saturated carbocycles. The summed E-state index contributed by atoms with van der Waals surface area (Å²) in [5, 5.41) is 3.54. The summed E-state index contributed by atoms with van der Waals surface area (Å²) >= 11 is 3.36. The molecule has 40 heavy (non-hydrogen) atoms. The van der Waals surface area contributed by atoms with Crippen LogP contribution in [0.3, 0.4) is 0 Å². The number of rotatable bonds is 5. The molecule has 0 bridgehead atoms. The Labute approximate surface area is 239 Å². The fourth-order valence-corrected chi connectivity index (χ4v) is 6.75. The molecular weight excluding hydrogens is 607 g/mol. The lowest BCUT2D eigenvalue weighted by Gasteiger charge is -2.41. The second-order valence-corrected chi connectivity index (χ2v) is 13.6. The molecular formula is C28H29BrF3N5O2S. The number of likely N-dealkylation sites (tertiary alicyclic amines) is 1. The molecule has 5 rings (SSSR count). The van der Waals surface area contributed by atoms with Crippen LogP contribution in [0.5, 0.6) is 0 Å². The fourth-order valence-electron chi connectivity index (χ4n) is 5.02. The minimum absolute atomic E-state index is 0.0141. The summed E-state index contributed by atoms with van der Waals surface area (Å²) in [6, 6.07) is 12.5. The second-order valence-electron chi connectivity index (χ2n) is 10.9. The van der Waals surface area contributed by atoms with Gasteiger partial charge in [0.05, 0.1) is 16.1 Å². The smallest absolute Gasteiger partial charge is 0.350 e. The van der Waals surface area contributed by atoms with E-state index in [9.17, 15) is 21.6 Å². The molecule has 1 aliphatic heterocycles. The average molecular weight is 637 g/mol. The van der Waals surface area contributed by atoms with E-state index in [1.54, 1.807) is 36.4 Å². The highest BCUT2D eigenvalue weighted by Crippen LogP contribution is 2.41. The normalized spacial score (nSPS) is 17.3. The molecule has 3 heterocycles. The van der Waals surface area contributed by atoms with Crippen LogP contribution < -0.4 is 5.32 Å². The molecule has 1 saturated heterocycles. The molecule has 4 aromatic rings. The highest BCUT2D eigenvalue weighted by molar-refractivity contribution is 9.10. The molecule has 1 atom stereocenters. The van der Waals surface area contributed by atoms with Crippen LogP contribution in [-0.2, 0) is 16.2 Å². The van der Waals surface area contributed by atoms with Crippen LogP contribution in [0.2, 0.25) is 0 Å². The summed E-state index contributed by atoms with van der Waals surface area (Å²) in [4.78, 5) is 10.7. The SMILES string of the molecule is CC(C)(C)N1CCC[C@H](Nc2ncc(C(F)(F)F)c(-c3cn(S(=O)(=O)c4ccccc4)c4cc(Br)ccc34)n2)C1. The Morgan fingerprint density at radius 1 is 1.07 bits per heavy atom. The van der Waals surface area contributed by atoms with Crippen LogP contribution >= 0.6 is 15.9 Å². The predicted octanol–water partition coefficient (Wildman–Crippen LogP) is 6.79. The number of alkyl halides is 3. The van der Waals surface area contributed by atoms with Gasteiger partial charge in [0.2, 0.25) is 5.95 Å². The maximum atomic E-state index is 14.2. The van der Waals surface area contributed by atoms with Crippen LogP contribution in [0.25, 0.3) is 22.2 Å². The highest BCUT2D eigenvalue weighted by atomic mass is 79.9. The topological polar surface area (TPSA) is 80.1 Å². The number of aromatic nitrogens is 3. The molecule has 0 radical (unpaired) electrons. The van der Waals surface area contributed by atoms with Crippen molar-refractivity contribution in [2.45, 2.75) is 56.3 Å². The van der Waals surface area contributed by atoms with Crippen LogP contribution in [0.15, 0.2) is 70.3 Å². The molecule has 2 aromatic heterocycles. The van der Waals surface area contributed by atoms with E-state index in [1.165, 1.54) is 18.3 Å². The van der Waals surface area contributed by atoms with Gasteiger partial charge in [-0.2, -0.15) is 13.2 Å². The van der Waals surface area contributed by atoms with Gasteiger partial charge in [-0.25, -0.2) is 22.4 Å². The van der Waals surface area contributed by atoms with Gasteiger partial charge in [0, 0.05) is 45.9 Å². The number of hydrogen-bond acceptors (Lipinski definition) is 6. The van der Waals surface area contributed by atoms with Crippen molar-refractivity contribution in [1.29, 1.82) is 0 Å². The number of halogens is 4. The molecule has 1 N–H and O–H groups in total. The Bertz CT molecular complexity index is 1650. The van der Waals surface area contributed by atoms with Gasteiger partial charge in [-0.3, -0.25) is 4.90 Å². The number of piperidine rings is 1. The zero-order valence-corrected chi connectivity index (χ0v) is 24.6. The Hall–Kier alpha value is -2.96. The van der Waals surface area contributed by atoms with Crippen molar-refractivity contribution in [2.24, 2.45) is 0 Å². The third-order valence-electron chi connectivity index (χ3n) is 7.09. The van der Waals surface area contributed by atoms with Gasteiger partial charge in [-0.1, -0.05) is 40.2 Å². The number of nitrogens with zero attached hydrogens (tertiary/aromatic N) is 4. The first-order valence-electron chi connectivity index (χ1n) is 12.8. The lowest BCUT2D eigenvalue weighted by molar-refractivity contribution is -0.137. The van der Waals surface area contributed by atoms with E-state index in [0.29, 0.717) is 16.4 Å². The average Bonchev–Trinajstić information content (AvgIpc) is 3.27. The van der Waals surface area contributed by atoms with Crippen molar-refractivity contribution in [3.63, 3.8) is 0 Å². The monoisotopic (exact) mass is 635 g/mol.